The first kappa shape index (κ1) is 26.7. The number of nitrogens with zero attached hydrogens (tertiary/aromatic N) is 2. The molecule has 39 heavy (non-hydrogen) atoms. The molecule has 5 nitrogen and oxygen atoms in total. The Balaban J connectivity index is 1.40. The van der Waals surface area contributed by atoms with E-state index in [-0.39, 0.29) is 11.8 Å². The van der Waals surface area contributed by atoms with E-state index in [4.69, 9.17) is 28.2 Å². The molecule has 4 aromatic rings. The van der Waals surface area contributed by atoms with Crippen LogP contribution in [-0.2, 0) is 4.79 Å². The largest absolute Gasteiger partial charge is 0.352 e. The highest BCUT2D eigenvalue weighted by Crippen LogP contribution is 2.35. The Kier molecular flexibility index (Phi) is 8.40. The third-order valence-electron chi connectivity index (χ3n) is 6.74. The normalized spacial score (nSPS) is 15.1. The van der Waals surface area contributed by atoms with Gasteiger partial charge in [-0.3, -0.25) is 14.8 Å². The van der Waals surface area contributed by atoms with Crippen molar-refractivity contribution in [2.45, 2.75) is 25.3 Å². The molecule has 2 N–H and O–H groups in total. The third-order valence-corrected chi connectivity index (χ3v) is 7.18. The first-order valence-corrected chi connectivity index (χ1v) is 13.6. The highest BCUT2D eigenvalue weighted by atomic mass is 35.5. The van der Waals surface area contributed by atoms with Gasteiger partial charge in [0.1, 0.15) is 11.9 Å². The lowest BCUT2D eigenvalue weighted by molar-refractivity contribution is -0.117. The lowest BCUT2D eigenvalue weighted by Crippen LogP contribution is -2.37. The van der Waals surface area contributed by atoms with E-state index in [0.29, 0.717) is 33.7 Å². The standard InChI is InChI=1S/C32H28Cl2N4O/c1-21-29(32(39)36-16-14-28(22-9-4-2-5-10-22)23-11-6-3-7-12-23)30(25-17-26(33)19-27(34)18-25)38-31(37-21)24-13-8-15-35-20-24/h2-13,15,17-20,28,30H,14,16H2,1H3,(H,36,39)(H,37,38). The smallest absolute Gasteiger partial charge is 0.251 e. The van der Waals surface area contributed by atoms with E-state index in [1.165, 1.54) is 11.1 Å². The van der Waals surface area contributed by atoms with Crippen molar-refractivity contribution in [3.63, 3.8) is 0 Å². The molecule has 0 spiro atoms. The number of hydrogen-bond donors (Lipinski definition) is 2. The van der Waals surface area contributed by atoms with E-state index in [1.54, 1.807) is 30.6 Å². The number of allylic oxidation sites excluding steroid dienone is 1. The Morgan fingerprint density at radius 1 is 0.923 bits per heavy atom. The number of carbonyl (C=O) groups excluding carboxylic acids is 1. The molecular weight excluding hydrogens is 527 g/mol. The summed E-state index contributed by atoms with van der Waals surface area (Å²) in [4.78, 5) is 22.8. The van der Waals surface area contributed by atoms with Gasteiger partial charge in [0.2, 0.25) is 0 Å². The van der Waals surface area contributed by atoms with Crippen molar-refractivity contribution in [2.24, 2.45) is 4.99 Å². The van der Waals surface area contributed by atoms with Crippen LogP contribution in [0.4, 0.5) is 0 Å². The molecule has 5 rings (SSSR count). The maximum atomic E-state index is 13.7. The van der Waals surface area contributed by atoms with Crippen LogP contribution in [0, 0.1) is 0 Å². The maximum absolute atomic E-state index is 13.7. The Labute approximate surface area is 238 Å². The van der Waals surface area contributed by atoms with Crippen LogP contribution in [0.25, 0.3) is 0 Å². The third kappa shape index (κ3) is 6.39. The van der Waals surface area contributed by atoms with Crippen LogP contribution in [0.2, 0.25) is 10.0 Å². The Bertz CT molecular complexity index is 1450. The number of nitrogens with one attached hydrogen (secondary N) is 2. The summed E-state index contributed by atoms with van der Waals surface area (Å²) in [6.07, 6.45) is 4.19. The van der Waals surface area contributed by atoms with Gasteiger partial charge in [0.25, 0.3) is 5.91 Å². The van der Waals surface area contributed by atoms with Gasteiger partial charge in [0.15, 0.2) is 0 Å². The lowest BCUT2D eigenvalue weighted by Gasteiger charge is -2.27. The summed E-state index contributed by atoms with van der Waals surface area (Å²) in [5, 5.41) is 7.43. The van der Waals surface area contributed by atoms with Crippen molar-refractivity contribution < 1.29 is 4.79 Å². The number of rotatable bonds is 8. The summed E-state index contributed by atoms with van der Waals surface area (Å²) >= 11 is 12.7. The zero-order chi connectivity index (χ0) is 27.2. The molecule has 7 heteroatoms. The van der Waals surface area contributed by atoms with Gasteiger partial charge in [0, 0.05) is 46.2 Å². The topological polar surface area (TPSA) is 66.4 Å². The summed E-state index contributed by atoms with van der Waals surface area (Å²) in [5.74, 6) is 0.603. The van der Waals surface area contributed by atoms with Gasteiger partial charge < -0.3 is 10.6 Å². The molecule has 0 radical (unpaired) electrons. The molecule has 0 saturated carbocycles. The number of halogens is 2. The van der Waals surface area contributed by atoms with Crippen LogP contribution in [-0.4, -0.2) is 23.3 Å². The zero-order valence-corrected chi connectivity index (χ0v) is 23.0. The minimum absolute atomic E-state index is 0.157. The molecule has 1 aliphatic rings. The number of aromatic nitrogens is 1. The second-order valence-corrected chi connectivity index (χ2v) is 10.3. The van der Waals surface area contributed by atoms with Crippen LogP contribution >= 0.6 is 23.2 Å². The predicted octanol–water partition coefficient (Wildman–Crippen LogP) is 7.09. The number of aliphatic imine (C=N–C) groups is 1. The molecule has 1 unspecified atom stereocenters. The Hall–Kier alpha value is -3.93. The molecule has 196 valence electrons. The second-order valence-electron chi connectivity index (χ2n) is 9.41. The average molecular weight is 556 g/mol. The lowest BCUT2D eigenvalue weighted by atomic mass is 9.88. The first-order chi connectivity index (χ1) is 19.0. The molecule has 3 aromatic carbocycles. The van der Waals surface area contributed by atoms with Crippen molar-refractivity contribution in [3.8, 4) is 0 Å². The molecular formula is C32H28Cl2N4O. The van der Waals surface area contributed by atoms with Crippen molar-refractivity contribution >= 4 is 34.9 Å². The fraction of sp³-hybridized carbons (Fsp3) is 0.156. The monoisotopic (exact) mass is 554 g/mol. The van der Waals surface area contributed by atoms with E-state index in [2.05, 4.69) is 39.9 Å². The number of carbonyl (C=O) groups is 1. The van der Waals surface area contributed by atoms with Gasteiger partial charge in [-0.05, 0) is 60.4 Å². The Morgan fingerprint density at radius 3 is 2.15 bits per heavy atom. The molecule has 2 heterocycles. The Morgan fingerprint density at radius 2 is 1.56 bits per heavy atom. The predicted molar refractivity (Wildman–Crippen MR) is 158 cm³/mol. The first-order valence-electron chi connectivity index (χ1n) is 12.8. The van der Waals surface area contributed by atoms with Gasteiger partial charge in [-0.15, -0.1) is 0 Å². The summed E-state index contributed by atoms with van der Waals surface area (Å²) < 4.78 is 0. The van der Waals surface area contributed by atoms with Crippen LogP contribution in [0.3, 0.4) is 0 Å². The molecule has 0 saturated heterocycles. The molecule has 0 aliphatic carbocycles. The van der Waals surface area contributed by atoms with Crippen molar-refractivity contribution in [2.75, 3.05) is 6.54 Å². The van der Waals surface area contributed by atoms with Gasteiger partial charge >= 0.3 is 0 Å². The summed E-state index contributed by atoms with van der Waals surface area (Å²) in [5.41, 5.74) is 5.23. The van der Waals surface area contributed by atoms with Gasteiger partial charge in [0.05, 0.1) is 5.57 Å². The second kappa shape index (κ2) is 12.3. The highest BCUT2D eigenvalue weighted by molar-refractivity contribution is 6.34. The highest BCUT2D eigenvalue weighted by Gasteiger charge is 2.30. The zero-order valence-electron chi connectivity index (χ0n) is 21.4. The van der Waals surface area contributed by atoms with Crippen molar-refractivity contribution in [3.05, 3.63) is 147 Å². The minimum Gasteiger partial charge on any atom is -0.352 e. The number of pyridine rings is 1. The number of benzene rings is 3. The molecule has 1 amide bonds. The van der Waals surface area contributed by atoms with Crippen molar-refractivity contribution in [1.29, 1.82) is 0 Å². The van der Waals surface area contributed by atoms with Crippen LogP contribution < -0.4 is 10.6 Å². The van der Waals surface area contributed by atoms with Gasteiger partial charge in [-0.1, -0.05) is 83.9 Å². The van der Waals surface area contributed by atoms with Crippen LogP contribution in [0.1, 0.15) is 47.6 Å². The number of amides is 1. The van der Waals surface area contributed by atoms with Crippen LogP contribution in [0.5, 0.6) is 0 Å². The summed E-state index contributed by atoms with van der Waals surface area (Å²) in [6.45, 7) is 2.38. The van der Waals surface area contributed by atoms with Crippen LogP contribution in [0.15, 0.2) is 120 Å². The molecule has 0 bridgehead atoms. The molecule has 1 aromatic heterocycles. The fourth-order valence-electron chi connectivity index (χ4n) is 4.92. The van der Waals surface area contributed by atoms with Gasteiger partial charge in [-0.25, -0.2) is 0 Å². The van der Waals surface area contributed by atoms with E-state index in [9.17, 15) is 4.79 Å². The van der Waals surface area contributed by atoms with Crippen molar-refractivity contribution in [1.82, 2.24) is 15.6 Å². The average Bonchev–Trinajstić information content (AvgIpc) is 2.95. The number of hydrogen-bond acceptors (Lipinski definition) is 4. The maximum Gasteiger partial charge on any atom is 0.251 e. The van der Waals surface area contributed by atoms with E-state index >= 15 is 0 Å². The fourth-order valence-corrected chi connectivity index (χ4v) is 5.46. The minimum atomic E-state index is -0.586. The summed E-state index contributed by atoms with van der Waals surface area (Å²) in [7, 11) is 0. The van der Waals surface area contributed by atoms with Gasteiger partial charge in [-0.2, -0.15) is 0 Å². The SMILES string of the molecule is CC1=C(C(=O)NCCC(c2ccccc2)c2ccccc2)C(c2cc(Cl)cc(Cl)c2)N=C(c2cccnc2)N1. The quantitative estimate of drug-likeness (QED) is 0.244. The molecule has 0 fully saturated rings. The molecule has 1 aliphatic heterocycles. The van der Waals surface area contributed by atoms with E-state index in [1.807, 2.05) is 55.5 Å². The van der Waals surface area contributed by atoms with E-state index < -0.39 is 6.04 Å². The molecule has 1 atom stereocenters. The number of amidine groups is 1. The summed E-state index contributed by atoms with van der Waals surface area (Å²) in [6, 6.07) is 29.2. The van der Waals surface area contributed by atoms with E-state index in [0.717, 1.165) is 17.5 Å².